The van der Waals surface area contributed by atoms with Crippen molar-refractivity contribution < 1.29 is 5.11 Å². The van der Waals surface area contributed by atoms with Gasteiger partial charge < -0.3 is 10.8 Å². The van der Waals surface area contributed by atoms with Crippen LogP contribution < -0.4 is 5.73 Å². The summed E-state index contributed by atoms with van der Waals surface area (Å²) in [5.41, 5.74) is 6.00. The Labute approximate surface area is 110 Å². The first-order valence-electron chi connectivity index (χ1n) is 6.70. The Balaban J connectivity index is 2.56. The van der Waals surface area contributed by atoms with Crippen LogP contribution in [0.4, 0.5) is 0 Å². The molecule has 1 aliphatic carbocycles. The van der Waals surface area contributed by atoms with Gasteiger partial charge in [-0.1, -0.05) is 26.1 Å². The van der Waals surface area contributed by atoms with Gasteiger partial charge in [-0.2, -0.15) is 0 Å². The molecule has 0 atom stereocenters. The summed E-state index contributed by atoms with van der Waals surface area (Å²) in [5.74, 6) is 0. The minimum absolute atomic E-state index is 0.236. The van der Waals surface area contributed by atoms with E-state index in [9.17, 15) is 5.11 Å². The van der Waals surface area contributed by atoms with Crippen molar-refractivity contribution in [1.82, 2.24) is 4.90 Å². The molecule has 0 radical (unpaired) electrons. The lowest BCUT2D eigenvalue weighted by molar-refractivity contribution is 0.119. The third-order valence-corrected chi connectivity index (χ3v) is 4.04. The van der Waals surface area contributed by atoms with Gasteiger partial charge in [0.2, 0.25) is 0 Å². The van der Waals surface area contributed by atoms with E-state index in [0.29, 0.717) is 16.4 Å². The van der Waals surface area contributed by atoms with Crippen LogP contribution in [0.1, 0.15) is 46.0 Å². The maximum atomic E-state index is 9.18. The molecule has 0 aromatic heterocycles. The fraction of sp³-hybridized carbons (Fsp3) is 0.923. The first-order chi connectivity index (χ1) is 8.06. The van der Waals surface area contributed by atoms with E-state index in [1.54, 1.807) is 0 Å². The normalized spacial score (nSPS) is 17.7. The van der Waals surface area contributed by atoms with Crippen LogP contribution in [0.15, 0.2) is 0 Å². The van der Waals surface area contributed by atoms with E-state index in [4.69, 9.17) is 18.0 Å². The van der Waals surface area contributed by atoms with Crippen molar-refractivity contribution in [3.8, 4) is 0 Å². The average molecular weight is 258 g/mol. The molecular weight excluding hydrogens is 232 g/mol. The zero-order valence-electron chi connectivity index (χ0n) is 11.1. The highest BCUT2D eigenvalue weighted by Gasteiger charge is 2.44. The van der Waals surface area contributed by atoms with Gasteiger partial charge in [-0.05, 0) is 31.1 Å². The second-order valence-electron chi connectivity index (χ2n) is 5.31. The second kappa shape index (κ2) is 6.66. The predicted octanol–water partition coefficient (Wildman–Crippen LogP) is 1.93. The van der Waals surface area contributed by atoms with Gasteiger partial charge in [0, 0.05) is 25.6 Å². The summed E-state index contributed by atoms with van der Waals surface area (Å²) in [6, 6.07) is 0.575. The van der Waals surface area contributed by atoms with Gasteiger partial charge in [0.1, 0.15) is 0 Å². The molecular formula is C13H26N2OS. The summed E-state index contributed by atoms with van der Waals surface area (Å²) < 4.78 is 0. The van der Waals surface area contributed by atoms with Crippen LogP contribution in [-0.2, 0) is 0 Å². The quantitative estimate of drug-likeness (QED) is 0.620. The summed E-state index contributed by atoms with van der Waals surface area (Å²) in [5, 5.41) is 9.18. The van der Waals surface area contributed by atoms with Crippen LogP contribution in [0.3, 0.4) is 0 Å². The van der Waals surface area contributed by atoms with Gasteiger partial charge in [0.25, 0.3) is 0 Å². The third-order valence-electron chi connectivity index (χ3n) is 3.89. The molecule has 1 aliphatic rings. The van der Waals surface area contributed by atoms with Crippen molar-refractivity contribution in [2.24, 2.45) is 11.1 Å². The van der Waals surface area contributed by atoms with Crippen molar-refractivity contribution in [1.29, 1.82) is 0 Å². The zero-order valence-corrected chi connectivity index (χ0v) is 11.9. The minimum Gasteiger partial charge on any atom is -0.395 e. The lowest BCUT2D eigenvalue weighted by atomic mass is 9.99. The number of aliphatic hydroxyl groups is 1. The largest absolute Gasteiger partial charge is 0.395 e. The van der Waals surface area contributed by atoms with Crippen molar-refractivity contribution in [3.05, 3.63) is 0 Å². The number of hydrogen-bond donors (Lipinski definition) is 2. The molecule has 17 heavy (non-hydrogen) atoms. The minimum atomic E-state index is 0.236. The summed E-state index contributed by atoms with van der Waals surface area (Å²) in [6.45, 7) is 6.47. The predicted molar refractivity (Wildman–Crippen MR) is 76.1 cm³/mol. The van der Waals surface area contributed by atoms with E-state index < -0.39 is 0 Å². The van der Waals surface area contributed by atoms with Gasteiger partial charge in [-0.25, -0.2) is 0 Å². The van der Waals surface area contributed by atoms with Crippen molar-refractivity contribution in [2.45, 2.75) is 52.0 Å². The zero-order chi connectivity index (χ0) is 12.9. The Bertz CT molecular complexity index is 250. The van der Waals surface area contributed by atoms with Crippen molar-refractivity contribution in [2.75, 3.05) is 19.7 Å². The molecule has 0 amide bonds. The Morgan fingerprint density at radius 1 is 1.41 bits per heavy atom. The molecule has 1 rings (SSSR count). The second-order valence-corrected chi connectivity index (χ2v) is 5.83. The Kier molecular flexibility index (Phi) is 5.83. The lowest BCUT2D eigenvalue weighted by Crippen LogP contribution is -2.41. The van der Waals surface area contributed by atoms with Gasteiger partial charge in [0.15, 0.2) is 0 Å². The van der Waals surface area contributed by atoms with Crippen LogP contribution >= 0.6 is 12.2 Å². The highest BCUT2D eigenvalue weighted by Crippen LogP contribution is 2.49. The van der Waals surface area contributed by atoms with Crippen LogP contribution in [0.5, 0.6) is 0 Å². The molecule has 0 unspecified atom stereocenters. The molecule has 3 nitrogen and oxygen atoms in total. The molecule has 0 heterocycles. The van der Waals surface area contributed by atoms with Crippen LogP contribution in [0.25, 0.3) is 0 Å². The van der Waals surface area contributed by atoms with E-state index in [2.05, 4.69) is 18.7 Å². The summed E-state index contributed by atoms with van der Waals surface area (Å²) >= 11 is 5.03. The molecule has 4 heteroatoms. The average Bonchev–Trinajstić information content (AvgIpc) is 2.98. The summed E-state index contributed by atoms with van der Waals surface area (Å²) in [7, 11) is 0. The molecule has 0 bridgehead atoms. The van der Waals surface area contributed by atoms with Crippen molar-refractivity contribution >= 4 is 17.2 Å². The molecule has 0 aliphatic heterocycles. The Morgan fingerprint density at radius 3 is 2.35 bits per heavy atom. The van der Waals surface area contributed by atoms with E-state index in [1.807, 2.05) is 0 Å². The maximum Gasteiger partial charge on any atom is 0.0733 e. The molecule has 3 N–H and O–H groups in total. The number of thiocarbonyl (C=S) groups is 1. The molecule has 100 valence electrons. The van der Waals surface area contributed by atoms with Crippen molar-refractivity contribution in [3.63, 3.8) is 0 Å². The number of aliphatic hydroxyl groups excluding tert-OH is 1. The Hall–Kier alpha value is -0.190. The third kappa shape index (κ3) is 4.53. The topological polar surface area (TPSA) is 49.5 Å². The van der Waals surface area contributed by atoms with Gasteiger partial charge in [0.05, 0.1) is 11.6 Å². The molecule has 0 spiro atoms. The molecule has 0 aromatic carbocycles. The molecule has 1 saturated carbocycles. The SMILES string of the molecule is CCC(CC)N(CCO)CC1(CC(N)=S)CC1. The summed E-state index contributed by atoms with van der Waals surface area (Å²) in [4.78, 5) is 3.06. The monoisotopic (exact) mass is 258 g/mol. The first-order valence-corrected chi connectivity index (χ1v) is 7.11. The van der Waals surface area contributed by atoms with E-state index in [0.717, 1.165) is 32.4 Å². The van der Waals surface area contributed by atoms with Crippen LogP contribution in [0, 0.1) is 5.41 Å². The fourth-order valence-electron chi connectivity index (χ4n) is 2.69. The Morgan fingerprint density at radius 2 is 2.00 bits per heavy atom. The van der Waals surface area contributed by atoms with Gasteiger partial charge in [-0.3, -0.25) is 4.90 Å². The standard InChI is InChI=1S/C13H26N2OS/c1-3-11(4-2)15(7-8-16)10-13(5-6-13)9-12(14)17/h11,16H,3-10H2,1-2H3,(H2,14,17). The van der Waals surface area contributed by atoms with Gasteiger partial charge >= 0.3 is 0 Å². The molecule has 0 aromatic rings. The van der Waals surface area contributed by atoms with E-state index in [-0.39, 0.29) is 6.61 Å². The molecule has 1 fully saturated rings. The van der Waals surface area contributed by atoms with Crippen LogP contribution in [-0.4, -0.2) is 40.7 Å². The van der Waals surface area contributed by atoms with E-state index in [1.165, 1.54) is 12.8 Å². The smallest absolute Gasteiger partial charge is 0.0733 e. The number of nitrogens with two attached hydrogens (primary N) is 1. The lowest BCUT2D eigenvalue weighted by Gasteiger charge is -2.33. The highest BCUT2D eigenvalue weighted by molar-refractivity contribution is 7.80. The maximum absolute atomic E-state index is 9.18. The number of rotatable bonds is 9. The first kappa shape index (κ1) is 14.9. The summed E-state index contributed by atoms with van der Waals surface area (Å²) in [6.07, 6.45) is 5.60. The molecule has 0 saturated heterocycles. The van der Waals surface area contributed by atoms with Crippen LogP contribution in [0.2, 0.25) is 0 Å². The fourth-order valence-corrected chi connectivity index (χ4v) is 3.00. The number of nitrogens with zero attached hydrogens (tertiary/aromatic N) is 1. The van der Waals surface area contributed by atoms with E-state index >= 15 is 0 Å². The highest BCUT2D eigenvalue weighted by atomic mass is 32.1. The van der Waals surface area contributed by atoms with Gasteiger partial charge in [-0.15, -0.1) is 0 Å². The number of hydrogen-bond acceptors (Lipinski definition) is 3.